The molecule has 1 heterocycles. The number of ketones is 2. The van der Waals surface area contributed by atoms with Crippen LogP contribution in [-0.2, 0) is 14.3 Å². The minimum absolute atomic E-state index is 0.0293. The first-order valence-corrected chi connectivity index (χ1v) is 6.25. The Bertz CT molecular complexity index is 469. The Morgan fingerprint density at radius 3 is 2.44 bits per heavy atom. The molecule has 0 bridgehead atoms. The minimum atomic E-state index is -0.314. The average Bonchev–Trinajstić information content (AvgIpc) is 2.44. The van der Waals surface area contributed by atoms with Gasteiger partial charge in [0, 0.05) is 19.2 Å². The summed E-state index contributed by atoms with van der Waals surface area (Å²) < 4.78 is 5.27. The van der Waals surface area contributed by atoms with E-state index >= 15 is 0 Å². The molecule has 3 aliphatic rings. The van der Waals surface area contributed by atoms with Crippen molar-refractivity contribution >= 4 is 11.6 Å². The maximum Gasteiger partial charge on any atom is 0.186 e. The highest BCUT2D eigenvalue weighted by Crippen LogP contribution is 2.30. The van der Waals surface area contributed by atoms with Gasteiger partial charge in [-0.1, -0.05) is 24.3 Å². The van der Waals surface area contributed by atoms with E-state index in [4.69, 9.17) is 4.74 Å². The number of nitrogens with zero attached hydrogens (tertiary/aromatic N) is 1. The van der Waals surface area contributed by atoms with Crippen molar-refractivity contribution in [3.63, 3.8) is 0 Å². The van der Waals surface area contributed by atoms with E-state index in [1.165, 1.54) is 6.08 Å². The molecule has 0 aromatic heterocycles. The van der Waals surface area contributed by atoms with Crippen molar-refractivity contribution in [1.82, 2.24) is 4.90 Å². The first-order chi connectivity index (χ1) is 8.77. The summed E-state index contributed by atoms with van der Waals surface area (Å²) in [7, 11) is 0. The van der Waals surface area contributed by atoms with Crippen molar-refractivity contribution in [3.05, 3.63) is 36.1 Å². The van der Waals surface area contributed by atoms with E-state index in [0.717, 1.165) is 0 Å². The highest BCUT2D eigenvalue weighted by molar-refractivity contribution is 6.12. The van der Waals surface area contributed by atoms with Crippen molar-refractivity contribution in [2.24, 2.45) is 11.8 Å². The summed E-state index contributed by atoms with van der Waals surface area (Å²) in [6.45, 7) is 2.59. The predicted molar refractivity (Wildman–Crippen MR) is 65.7 cm³/mol. The highest BCUT2D eigenvalue weighted by Gasteiger charge is 2.38. The SMILES string of the molecule is O=C1C(N2CCOCC2)=CC(=O)[C@@H]2C=CC=C[C@H]12. The molecule has 94 valence electrons. The van der Waals surface area contributed by atoms with Crippen LogP contribution in [-0.4, -0.2) is 42.8 Å². The average molecular weight is 245 g/mol. The quantitative estimate of drug-likeness (QED) is 0.682. The zero-order valence-electron chi connectivity index (χ0n) is 10.0. The Labute approximate surface area is 106 Å². The van der Waals surface area contributed by atoms with Crippen LogP contribution in [0.5, 0.6) is 0 Å². The van der Waals surface area contributed by atoms with Crippen LogP contribution in [0.4, 0.5) is 0 Å². The number of morpholine rings is 1. The number of fused-ring (bicyclic) bond motifs is 1. The first-order valence-electron chi connectivity index (χ1n) is 6.25. The Balaban J connectivity index is 1.90. The fraction of sp³-hybridized carbons (Fsp3) is 0.429. The number of ether oxygens (including phenoxy) is 1. The van der Waals surface area contributed by atoms with Crippen LogP contribution in [0, 0.1) is 11.8 Å². The van der Waals surface area contributed by atoms with Gasteiger partial charge in [-0.05, 0) is 0 Å². The van der Waals surface area contributed by atoms with Crippen molar-refractivity contribution in [3.8, 4) is 0 Å². The molecule has 18 heavy (non-hydrogen) atoms. The van der Waals surface area contributed by atoms with Crippen molar-refractivity contribution in [2.45, 2.75) is 0 Å². The van der Waals surface area contributed by atoms with E-state index < -0.39 is 0 Å². The second kappa shape index (κ2) is 4.53. The number of hydrogen-bond donors (Lipinski definition) is 0. The van der Waals surface area contributed by atoms with E-state index in [1.54, 1.807) is 0 Å². The molecule has 1 saturated heterocycles. The number of carbonyl (C=O) groups is 2. The summed E-state index contributed by atoms with van der Waals surface area (Å²) in [6, 6.07) is 0. The Kier molecular flexibility index (Phi) is 2.88. The zero-order chi connectivity index (χ0) is 12.5. The Morgan fingerprint density at radius 1 is 1.06 bits per heavy atom. The number of hydrogen-bond acceptors (Lipinski definition) is 4. The van der Waals surface area contributed by atoms with Crippen LogP contribution in [0.1, 0.15) is 0 Å². The van der Waals surface area contributed by atoms with E-state index in [1.807, 2.05) is 29.2 Å². The monoisotopic (exact) mass is 245 g/mol. The zero-order valence-corrected chi connectivity index (χ0v) is 10.0. The summed E-state index contributed by atoms with van der Waals surface area (Å²) in [4.78, 5) is 26.4. The standard InChI is InChI=1S/C14H15NO3/c16-13-9-12(15-5-7-18-8-6-15)14(17)11-4-2-1-3-10(11)13/h1-4,9-11H,5-8H2/t10-,11+/m1/s1. The molecular formula is C14H15NO3. The Hall–Kier alpha value is -1.68. The first kappa shape index (κ1) is 11.4. The maximum absolute atomic E-state index is 12.4. The van der Waals surface area contributed by atoms with Gasteiger partial charge in [-0.15, -0.1) is 0 Å². The van der Waals surface area contributed by atoms with Crippen molar-refractivity contribution in [2.75, 3.05) is 26.3 Å². The molecule has 0 aromatic carbocycles. The van der Waals surface area contributed by atoms with E-state index in [-0.39, 0.29) is 23.4 Å². The van der Waals surface area contributed by atoms with Gasteiger partial charge >= 0.3 is 0 Å². The summed E-state index contributed by atoms with van der Waals surface area (Å²) in [5.74, 6) is -0.526. The topological polar surface area (TPSA) is 46.6 Å². The number of carbonyl (C=O) groups excluding carboxylic acids is 2. The van der Waals surface area contributed by atoms with Gasteiger partial charge in [0.15, 0.2) is 11.6 Å². The molecule has 4 heteroatoms. The number of allylic oxidation sites excluding steroid dienone is 6. The molecule has 0 aromatic rings. The summed E-state index contributed by atoms with van der Waals surface area (Å²) in [5.41, 5.74) is 0.560. The molecule has 0 saturated carbocycles. The van der Waals surface area contributed by atoms with Crippen LogP contribution >= 0.6 is 0 Å². The lowest BCUT2D eigenvalue weighted by molar-refractivity contribution is -0.128. The molecule has 0 N–H and O–H groups in total. The molecule has 0 unspecified atom stereocenters. The lowest BCUT2D eigenvalue weighted by Gasteiger charge is -2.35. The molecule has 3 rings (SSSR count). The van der Waals surface area contributed by atoms with Gasteiger partial charge in [0.2, 0.25) is 0 Å². The summed E-state index contributed by atoms with van der Waals surface area (Å²) in [6.07, 6.45) is 8.84. The molecule has 4 nitrogen and oxygen atoms in total. The third-order valence-electron chi connectivity index (χ3n) is 3.65. The van der Waals surface area contributed by atoms with Crippen LogP contribution in [0.3, 0.4) is 0 Å². The molecule has 0 radical (unpaired) electrons. The maximum atomic E-state index is 12.4. The molecule has 1 fully saturated rings. The summed E-state index contributed by atoms with van der Waals surface area (Å²) in [5, 5.41) is 0. The van der Waals surface area contributed by atoms with Crippen molar-refractivity contribution < 1.29 is 14.3 Å². The normalized spacial score (nSPS) is 31.3. The lowest BCUT2D eigenvalue weighted by atomic mass is 9.77. The second-order valence-corrected chi connectivity index (χ2v) is 4.72. The van der Waals surface area contributed by atoms with Crippen LogP contribution in [0.2, 0.25) is 0 Å². The van der Waals surface area contributed by atoms with Crippen LogP contribution < -0.4 is 0 Å². The van der Waals surface area contributed by atoms with Crippen molar-refractivity contribution in [1.29, 1.82) is 0 Å². The largest absolute Gasteiger partial charge is 0.378 e. The molecule has 0 spiro atoms. The predicted octanol–water partition coefficient (Wildman–Crippen LogP) is 0.713. The molecule has 2 atom stereocenters. The van der Waals surface area contributed by atoms with Gasteiger partial charge in [-0.25, -0.2) is 0 Å². The van der Waals surface area contributed by atoms with Gasteiger partial charge in [0.25, 0.3) is 0 Å². The fourth-order valence-corrected chi connectivity index (χ4v) is 2.65. The van der Waals surface area contributed by atoms with Gasteiger partial charge in [0.1, 0.15) is 0 Å². The van der Waals surface area contributed by atoms with E-state index in [2.05, 4.69) is 0 Å². The van der Waals surface area contributed by atoms with E-state index in [0.29, 0.717) is 32.0 Å². The molecular weight excluding hydrogens is 230 g/mol. The number of rotatable bonds is 1. The van der Waals surface area contributed by atoms with Crippen LogP contribution in [0.25, 0.3) is 0 Å². The van der Waals surface area contributed by atoms with Crippen LogP contribution in [0.15, 0.2) is 36.1 Å². The van der Waals surface area contributed by atoms with Gasteiger partial charge < -0.3 is 9.64 Å². The van der Waals surface area contributed by atoms with Gasteiger partial charge in [0.05, 0.1) is 30.7 Å². The molecule has 0 amide bonds. The van der Waals surface area contributed by atoms with Gasteiger partial charge in [-0.3, -0.25) is 9.59 Å². The Morgan fingerprint density at radius 2 is 1.72 bits per heavy atom. The third kappa shape index (κ3) is 1.82. The highest BCUT2D eigenvalue weighted by atomic mass is 16.5. The minimum Gasteiger partial charge on any atom is -0.378 e. The van der Waals surface area contributed by atoms with E-state index in [9.17, 15) is 9.59 Å². The smallest absolute Gasteiger partial charge is 0.186 e. The molecule has 2 aliphatic carbocycles. The summed E-state index contributed by atoms with van der Waals surface area (Å²) >= 11 is 0. The van der Waals surface area contributed by atoms with Gasteiger partial charge in [-0.2, -0.15) is 0 Å². The third-order valence-corrected chi connectivity index (χ3v) is 3.65. The lowest BCUT2D eigenvalue weighted by Crippen LogP contribution is -2.44. The second-order valence-electron chi connectivity index (χ2n) is 4.72. The number of Topliss-reactive ketones (excluding diaryl/α,β-unsaturated/α-hetero) is 1. The fourth-order valence-electron chi connectivity index (χ4n) is 2.65. The molecule has 1 aliphatic heterocycles.